The van der Waals surface area contributed by atoms with Crippen LogP contribution in [0.4, 0.5) is 5.69 Å². The number of nitrogens with one attached hydrogen (secondary N) is 1. The number of nitro groups is 1. The van der Waals surface area contributed by atoms with Crippen LogP contribution in [0.1, 0.15) is 13.3 Å². The van der Waals surface area contributed by atoms with E-state index >= 15 is 0 Å². The molecule has 0 aromatic heterocycles. The average molecular weight is 286 g/mol. The minimum absolute atomic E-state index is 0.161. The topological polar surface area (TPSA) is 93.8 Å². The number of benzene rings is 1. The van der Waals surface area contributed by atoms with Crippen molar-refractivity contribution in [1.29, 1.82) is 0 Å². The second-order valence-electron chi connectivity index (χ2n) is 3.39. The highest BCUT2D eigenvalue weighted by Crippen LogP contribution is 2.13. The first-order valence-corrected chi connectivity index (χ1v) is 5.79. The monoisotopic (exact) mass is 285 g/mol. The molecule has 8 heteroatoms. The van der Waals surface area contributed by atoms with Crippen LogP contribution in [0.3, 0.4) is 0 Å². The van der Waals surface area contributed by atoms with Gasteiger partial charge in [-0.1, -0.05) is 11.6 Å². The van der Waals surface area contributed by atoms with E-state index in [0.717, 1.165) is 0 Å². The number of amidine groups is 1. The van der Waals surface area contributed by atoms with Crippen LogP contribution in [0, 0.1) is 10.1 Å². The van der Waals surface area contributed by atoms with E-state index in [0.29, 0.717) is 10.7 Å². The Kier molecular flexibility index (Phi) is 5.74. The zero-order chi connectivity index (χ0) is 14.3. The number of nitrogens with zero attached hydrogens (tertiary/aromatic N) is 2. The predicted molar refractivity (Wildman–Crippen MR) is 70.8 cm³/mol. The lowest BCUT2D eigenvalue weighted by atomic mass is 10.3. The van der Waals surface area contributed by atoms with Gasteiger partial charge in [-0.05, 0) is 36.1 Å². The first-order chi connectivity index (χ1) is 9.02. The molecular formula is C11H12ClN3O4. The number of hydrogen-bond donors (Lipinski definition) is 1. The summed E-state index contributed by atoms with van der Waals surface area (Å²) in [5.41, 5.74) is 3.00. The first kappa shape index (κ1) is 14.9. The molecule has 7 nitrogen and oxygen atoms in total. The SMILES string of the molecule is CCOC(=O)C/C(=N/Nc1ccc(Cl)cc1)[N+](=O)[O-]. The molecule has 1 aromatic carbocycles. The fourth-order valence-electron chi connectivity index (χ4n) is 1.14. The second kappa shape index (κ2) is 7.32. The van der Waals surface area contributed by atoms with Gasteiger partial charge in [0.15, 0.2) is 6.42 Å². The third kappa shape index (κ3) is 5.35. The Labute approximate surface area is 114 Å². The van der Waals surface area contributed by atoms with Gasteiger partial charge < -0.3 is 14.9 Å². The number of anilines is 1. The summed E-state index contributed by atoms with van der Waals surface area (Å²) in [6, 6.07) is 6.43. The maximum absolute atomic E-state index is 11.2. The Balaban J connectivity index is 2.70. The van der Waals surface area contributed by atoms with Crippen LogP contribution in [0.15, 0.2) is 29.4 Å². The number of carbonyl (C=O) groups excluding carboxylic acids is 1. The molecule has 0 spiro atoms. The summed E-state index contributed by atoms with van der Waals surface area (Å²) in [5.74, 6) is -1.22. The zero-order valence-electron chi connectivity index (χ0n) is 10.1. The molecule has 0 saturated carbocycles. The molecule has 0 heterocycles. The van der Waals surface area contributed by atoms with E-state index in [1.165, 1.54) is 0 Å². The Hall–Kier alpha value is -2.15. The van der Waals surface area contributed by atoms with Crippen LogP contribution in [0.2, 0.25) is 5.02 Å². The number of hydrogen-bond acceptors (Lipinski definition) is 6. The predicted octanol–water partition coefficient (Wildman–Crippen LogP) is 2.30. The Morgan fingerprint density at radius 1 is 1.47 bits per heavy atom. The molecule has 0 saturated heterocycles. The van der Waals surface area contributed by atoms with Gasteiger partial charge in [-0.15, -0.1) is 0 Å². The van der Waals surface area contributed by atoms with E-state index in [2.05, 4.69) is 15.3 Å². The molecule has 0 amide bonds. The van der Waals surface area contributed by atoms with Gasteiger partial charge in [-0.25, -0.2) is 0 Å². The fourth-order valence-corrected chi connectivity index (χ4v) is 1.27. The lowest BCUT2D eigenvalue weighted by molar-refractivity contribution is -0.352. The van der Waals surface area contributed by atoms with Crippen molar-refractivity contribution in [2.75, 3.05) is 12.0 Å². The van der Waals surface area contributed by atoms with Gasteiger partial charge in [0.05, 0.1) is 17.4 Å². The van der Waals surface area contributed by atoms with Crippen molar-refractivity contribution in [2.24, 2.45) is 5.10 Å². The normalized spacial score (nSPS) is 10.9. The molecule has 0 aliphatic heterocycles. The van der Waals surface area contributed by atoms with Crippen molar-refractivity contribution >= 4 is 29.1 Å². The molecule has 0 bridgehead atoms. The molecule has 1 aromatic rings. The maximum atomic E-state index is 11.2. The van der Waals surface area contributed by atoms with Crippen molar-refractivity contribution < 1.29 is 14.5 Å². The van der Waals surface area contributed by atoms with Crippen molar-refractivity contribution in [2.45, 2.75) is 13.3 Å². The lowest BCUT2D eigenvalue weighted by Gasteiger charge is -2.00. The highest BCUT2D eigenvalue weighted by Gasteiger charge is 2.19. The van der Waals surface area contributed by atoms with Gasteiger partial charge in [-0.3, -0.25) is 4.79 Å². The number of ether oxygens (including phenoxy) is 1. The summed E-state index contributed by atoms with van der Waals surface area (Å²) in [6.07, 6.45) is -0.499. The number of carbonyl (C=O) groups is 1. The van der Waals surface area contributed by atoms with Crippen LogP contribution in [-0.4, -0.2) is 23.3 Å². The third-order valence-corrected chi connectivity index (χ3v) is 2.23. The zero-order valence-corrected chi connectivity index (χ0v) is 10.9. The smallest absolute Gasteiger partial charge is 0.375 e. The van der Waals surface area contributed by atoms with E-state index in [-0.39, 0.29) is 6.61 Å². The highest BCUT2D eigenvalue weighted by atomic mass is 35.5. The van der Waals surface area contributed by atoms with Crippen LogP contribution in [0.5, 0.6) is 0 Å². The Morgan fingerprint density at radius 3 is 2.63 bits per heavy atom. The fraction of sp³-hybridized carbons (Fsp3) is 0.273. The minimum Gasteiger partial charge on any atom is -0.466 e. The summed E-state index contributed by atoms with van der Waals surface area (Å²) in [4.78, 5) is 21.1. The number of rotatable bonds is 5. The van der Waals surface area contributed by atoms with Crippen LogP contribution < -0.4 is 5.43 Å². The Morgan fingerprint density at radius 2 is 2.11 bits per heavy atom. The molecule has 0 radical (unpaired) electrons. The van der Waals surface area contributed by atoms with Gasteiger partial charge in [0.2, 0.25) is 0 Å². The van der Waals surface area contributed by atoms with Gasteiger partial charge >= 0.3 is 11.8 Å². The third-order valence-electron chi connectivity index (χ3n) is 1.98. The molecule has 0 aliphatic carbocycles. The van der Waals surface area contributed by atoms with Gasteiger partial charge in [0.1, 0.15) is 0 Å². The van der Waals surface area contributed by atoms with Gasteiger partial charge in [-0.2, -0.15) is 5.43 Å². The van der Waals surface area contributed by atoms with Crippen molar-refractivity contribution in [3.05, 3.63) is 39.4 Å². The molecule has 0 aliphatic rings. The quantitative estimate of drug-likeness (QED) is 0.294. The molecule has 19 heavy (non-hydrogen) atoms. The van der Waals surface area contributed by atoms with Crippen LogP contribution in [-0.2, 0) is 9.53 Å². The van der Waals surface area contributed by atoms with Crippen molar-refractivity contribution in [1.82, 2.24) is 0 Å². The van der Waals surface area contributed by atoms with Crippen LogP contribution >= 0.6 is 11.6 Å². The summed E-state index contributed by atoms with van der Waals surface area (Å²) >= 11 is 5.70. The van der Waals surface area contributed by atoms with Crippen molar-refractivity contribution in [3.63, 3.8) is 0 Å². The molecule has 0 unspecified atom stereocenters. The number of esters is 1. The largest absolute Gasteiger partial charge is 0.466 e. The lowest BCUT2D eigenvalue weighted by Crippen LogP contribution is -2.19. The van der Waals surface area contributed by atoms with E-state index in [4.69, 9.17) is 11.6 Å². The Bertz CT molecular complexity index is 487. The summed E-state index contributed by atoms with van der Waals surface area (Å²) < 4.78 is 4.62. The first-order valence-electron chi connectivity index (χ1n) is 5.41. The second-order valence-corrected chi connectivity index (χ2v) is 3.82. The molecular weight excluding hydrogens is 274 g/mol. The van der Waals surface area contributed by atoms with Crippen molar-refractivity contribution in [3.8, 4) is 0 Å². The van der Waals surface area contributed by atoms with Gasteiger partial charge in [0, 0.05) is 5.02 Å². The summed E-state index contributed by atoms with van der Waals surface area (Å²) in [6.45, 7) is 1.78. The van der Waals surface area contributed by atoms with Gasteiger partial charge in [0.25, 0.3) is 0 Å². The summed E-state index contributed by atoms with van der Waals surface area (Å²) in [5, 5.41) is 14.8. The molecule has 1 rings (SSSR count). The highest BCUT2D eigenvalue weighted by molar-refractivity contribution is 6.30. The number of hydrazone groups is 1. The molecule has 0 atom stereocenters. The summed E-state index contributed by atoms with van der Waals surface area (Å²) in [7, 11) is 0. The number of halogens is 1. The van der Waals surface area contributed by atoms with E-state index in [1.807, 2.05) is 0 Å². The molecule has 1 N–H and O–H groups in total. The maximum Gasteiger partial charge on any atom is 0.375 e. The molecule has 102 valence electrons. The molecule has 0 fully saturated rings. The van der Waals surface area contributed by atoms with E-state index in [9.17, 15) is 14.9 Å². The van der Waals surface area contributed by atoms with Crippen LogP contribution in [0.25, 0.3) is 0 Å². The minimum atomic E-state index is -0.736. The average Bonchev–Trinajstić information content (AvgIpc) is 2.36. The van der Waals surface area contributed by atoms with E-state index in [1.54, 1.807) is 31.2 Å². The van der Waals surface area contributed by atoms with E-state index < -0.39 is 23.1 Å². The standard InChI is InChI=1S/C11H12ClN3O4/c1-2-19-11(16)7-10(15(17)18)14-13-9-5-3-8(12)4-6-9/h3-6,13H,2,7H2,1H3/b14-10-.